The number of hydrogen-bond donors (Lipinski definition) is 0. The van der Waals surface area contributed by atoms with Gasteiger partial charge in [0.1, 0.15) is 5.60 Å². The smallest absolute Gasteiger partial charge is 0.467 e. The van der Waals surface area contributed by atoms with Gasteiger partial charge >= 0.3 is 12.1 Å². The first-order valence-corrected chi connectivity index (χ1v) is 4.84. The summed E-state index contributed by atoms with van der Waals surface area (Å²) in [6.07, 6.45) is -1.21. The predicted molar refractivity (Wildman–Crippen MR) is 56.5 cm³/mol. The van der Waals surface area contributed by atoms with E-state index in [1.165, 1.54) is 6.92 Å². The summed E-state index contributed by atoms with van der Waals surface area (Å²) in [7, 11) is 1.08. The molecule has 1 amide bonds. The summed E-state index contributed by atoms with van der Waals surface area (Å²) in [5.74, 6) is -0.896. The van der Waals surface area contributed by atoms with Crippen LogP contribution in [0, 0.1) is 10.1 Å². The summed E-state index contributed by atoms with van der Waals surface area (Å²) in [6.45, 7) is 5.86. The SMILES string of the molecule is COC(=O)[C@H](C)N(C(=O)OC(C)(C)C)[N+](=O)[O-]. The summed E-state index contributed by atoms with van der Waals surface area (Å²) < 4.78 is 9.15. The Morgan fingerprint density at radius 1 is 1.35 bits per heavy atom. The Kier molecular flexibility index (Phi) is 4.87. The predicted octanol–water partition coefficient (Wildman–Crippen LogP) is 0.977. The minimum atomic E-state index is -1.36. The topological polar surface area (TPSA) is 99.0 Å². The zero-order chi connectivity index (χ0) is 13.8. The molecule has 0 saturated carbocycles. The number of nitrogens with zero attached hydrogens (tertiary/aromatic N) is 2. The molecule has 0 aliphatic rings. The monoisotopic (exact) mass is 248 g/mol. The number of nitro groups is 1. The van der Waals surface area contributed by atoms with Crippen LogP contribution in [-0.4, -0.2) is 40.9 Å². The first-order valence-electron chi connectivity index (χ1n) is 4.84. The summed E-state index contributed by atoms with van der Waals surface area (Å²) in [5.41, 5.74) is -0.888. The number of hydrazine groups is 1. The van der Waals surface area contributed by atoms with Crippen molar-refractivity contribution in [3.63, 3.8) is 0 Å². The van der Waals surface area contributed by atoms with Gasteiger partial charge in [0.05, 0.1) is 7.11 Å². The molecule has 0 aromatic heterocycles. The Morgan fingerprint density at radius 2 is 1.82 bits per heavy atom. The average molecular weight is 248 g/mol. The standard InChI is InChI=1S/C9H16N2O6/c1-6(7(12)16-5)10(11(14)15)8(13)17-9(2,3)4/h6H,1-5H3/t6-/m0/s1. The van der Waals surface area contributed by atoms with Gasteiger partial charge in [-0.1, -0.05) is 0 Å². The minimum absolute atomic E-state index is 0.0943. The van der Waals surface area contributed by atoms with E-state index >= 15 is 0 Å². The molecular formula is C9H16N2O6. The number of ether oxygens (including phenoxy) is 2. The van der Waals surface area contributed by atoms with E-state index in [4.69, 9.17) is 4.74 Å². The summed E-state index contributed by atoms with van der Waals surface area (Å²) in [5, 5.41) is 9.80. The van der Waals surface area contributed by atoms with Crippen LogP contribution in [-0.2, 0) is 14.3 Å². The Morgan fingerprint density at radius 3 is 2.12 bits per heavy atom. The van der Waals surface area contributed by atoms with Gasteiger partial charge in [0, 0.05) is 0 Å². The largest absolute Gasteiger partial charge is 0.469 e. The second-order valence-electron chi connectivity index (χ2n) is 4.26. The Bertz CT molecular complexity index is 322. The fraction of sp³-hybridized carbons (Fsp3) is 0.778. The molecule has 0 aromatic carbocycles. The highest BCUT2D eigenvalue weighted by molar-refractivity contribution is 5.80. The molecule has 0 radical (unpaired) electrons. The third-order valence-corrected chi connectivity index (χ3v) is 1.67. The van der Waals surface area contributed by atoms with E-state index in [1.54, 1.807) is 20.8 Å². The molecule has 0 heterocycles. The first kappa shape index (κ1) is 15.1. The van der Waals surface area contributed by atoms with Gasteiger partial charge in [-0.25, -0.2) is 19.7 Å². The molecule has 0 spiro atoms. The molecule has 0 bridgehead atoms. The van der Waals surface area contributed by atoms with Gasteiger partial charge in [0.2, 0.25) is 0 Å². The van der Waals surface area contributed by atoms with Crippen LogP contribution < -0.4 is 0 Å². The lowest BCUT2D eigenvalue weighted by atomic mass is 10.2. The van der Waals surface area contributed by atoms with Crippen LogP contribution in [0.2, 0.25) is 0 Å². The van der Waals surface area contributed by atoms with E-state index in [1.807, 2.05) is 0 Å². The lowest BCUT2D eigenvalue weighted by Crippen LogP contribution is -2.49. The number of amides is 1. The number of rotatable bonds is 3. The number of hydrogen-bond acceptors (Lipinski definition) is 6. The summed E-state index contributed by atoms with van der Waals surface area (Å²) >= 11 is 0. The number of carbonyl (C=O) groups is 2. The van der Waals surface area contributed by atoms with Crippen LogP contribution in [0.3, 0.4) is 0 Å². The van der Waals surface area contributed by atoms with Crippen LogP contribution in [0.4, 0.5) is 4.79 Å². The van der Waals surface area contributed by atoms with Gasteiger partial charge in [-0.05, 0) is 32.7 Å². The molecule has 0 rings (SSSR count). The maximum atomic E-state index is 11.5. The molecule has 8 nitrogen and oxygen atoms in total. The fourth-order valence-electron chi connectivity index (χ4n) is 0.945. The molecule has 0 saturated heterocycles. The summed E-state index contributed by atoms with van der Waals surface area (Å²) in [6, 6.07) is -1.36. The highest BCUT2D eigenvalue weighted by Crippen LogP contribution is 2.12. The molecule has 0 aromatic rings. The van der Waals surface area contributed by atoms with E-state index in [-0.39, 0.29) is 5.01 Å². The van der Waals surface area contributed by atoms with Crippen molar-refractivity contribution >= 4 is 12.1 Å². The van der Waals surface area contributed by atoms with Gasteiger partial charge in [0.15, 0.2) is 11.1 Å². The van der Waals surface area contributed by atoms with Crippen LogP contribution in [0.15, 0.2) is 0 Å². The van der Waals surface area contributed by atoms with E-state index < -0.39 is 28.7 Å². The minimum Gasteiger partial charge on any atom is -0.467 e. The van der Waals surface area contributed by atoms with Gasteiger partial charge in [-0.15, -0.1) is 0 Å². The quantitative estimate of drug-likeness (QED) is 0.419. The normalized spacial score (nSPS) is 12.5. The van der Waals surface area contributed by atoms with E-state index in [0.717, 1.165) is 7.11 Å². The third-order valence-electron chi connectivity index (χ3n) is 1.67. The summed E-state index contributed by atoms with van der Waals surface area (Å²) in [4.78, 5) is 33.4. The molecule has 8 heteroatoms. The fourth-order valence-corrected chi connectivity index (χ4v) is 0.945. The third kappa shape index (κ3) is 4.66. The number of methoxy groups -OCH3 is 1. The van der Waals surface area contributed by atoms with Crippen LogP contribution in [0.1, 0.15) is 27.7 Å². The van der Waals surface area contributed by atoms with Crippen molar-refractivity contribution < 1.29 is 24.1 Å². The average Bonchev–Trinajstić information content (AvgIpc) is 2.12. The van der Waals surface area contributed by atoms with Gasteiger partial charge in [-0.3, -0.25) is 0 Å². The molecule has 0 N–H and O–H groups in total. The molecule has 0 aliphatic carbocycles. The van der Waals surface area contributed by atoms with E-state index in [2.05, 4.69) is 4.74 Å². The van der Waals surface area contributed by atoms with Gasteiger partial charge in [-0.2, -0.15) is 0 Å². The zero-order valence-corrected chi connectivity index (χ0v) is 10.4. The lowest BCUT2D eigenvalue weighted by Gasteiger charge is -2.23. The van der Waals surface area contributed by atoms with Crippen molar-refractivity contribution in [2.45, 2.75) is 39.3 Å². The molecule has 1 atom stereocenters. The number of esters is 1. The van der Waals surface area contributed by atoms with Crippen molar-refractivity contribution in [1.29, 1.82) is 0 Å². The maximum absolute atomic E-state index is 11.5. The van der Waals surface area contributed by atoms with Crippen molar-refractivity contribution in [3.8, 4) is 0 Å². The van der Waals surface area contributed by atoms with E-state index in [0.29, 0.717) is 0 Å². The van der Waals surface area contributed by atoms with Crippen LogP contribution >= 0.6 is 0 Å². The molecule has 0 aliphatic heterocycles. The van der Waals surface area contributed by atoms with Crippen molar-refractivity contribution in [2.24, 2.45) is 0 Å². The van der Waals surface area contributed by atoms with Gasteiger partial charge in [0.25, 0.3) is 0 Å². The second-order valence-corrected chi connectivity index (χ2v) is 4.26. The van der Waals surface area contributed by atoms with Gasteiger partial charge < -0.3 is 9.47 Å². The zero-order valence-electron chi connectivity index (χ0n) is 10.4. The Labute approximate surface area is 98.6 Å². The molecular weight excluding hydrogens is 232 g/mol. The van der Waals surface area contributed by atoms with E-state index in [9.17, 15) is 19.7 Å². The van der Waals surface area contributed by atoms with Crippen molar-refractivity contribution in [1.82, 2.24) is 5.01 Å². The molecule has 17 heavy (non-hydrogen) atoms. The maximum Gasteiger partial charge on any atom is 0.469 e. The second kappa shape index (κ2) is 5.46. The van der Waals surface area contributed by atoms with Crippen molar-refractivity contribution in [2.75, 3.05) is 7.11 Å². The molecule has 0 unspecified atom stereocenters. The Balaban J connectivity index is 4.93. The Hall–Kier alpha value is -1.86. The number of carbonyl (C=O) groups excluding carboxylic acids is 2. The molecule has 0 fully saturated rings. The first-order chi connectivity index (χ1) is 7.60. The van der Waals surface area contributed by atoms with Crippen molar-refractivity contribution in [3.05, 3.63) is 10.1 Å². The highest BCUT2D eigenvalue weighted by Gasteiger charge is 2.39. The van der Waals surface area contributed by atoms with Crippen LogP contribution in [0.25, 0.3) is 0 Å². The van der Waals surface area contributed by atoms with Crippen LogP contribution in [0.5, 0.6) is 0 Å². The lowest BCUT2D eigenvalue weighted by molar-refractivity contribution is -0.640. The molecule has 98 valence electrons. The highest BCUT2D eigenvalue weighted by atomic mass is 16.7.